The van der Waals surface area contributed by atoms with E-state index >= 15 is 0 Å². The molecule has 1 amide bonds. The summed E-state index contributed by atoms with van der Waals surface area (Å²) in [6.45, 7) is 7.94. The number of alkyl halides is 1. The highest BCUT2D eigenvalue weighted by Gasteiger charge is 2.29. The van der Waals surface area contributed by atoms with Crippen molar-refractivity contribution in [2.75, 3.05) is 50.5 Å². The van der Waals surface area contributed by atoms with Crippen molar-refractivity contribution in [2.24, 2.45) is 0 Å². The van der Waals surface area contributed by atoms with E-state index in [4.69, 9.17) is 4.74 Å². The Balaban J connectivity index is 1.20. The summed E-state index contributed by atoms with van der Waals surface area (Å²) in [5.41, 5.74) is 3.81. The molecule has 2 aromatic heterocycles. The molecule has 4 heterocycles. The van der Waals surface area contributed by atoms with Crippen LogP contribution in [0.15, 0.2) is 53.6 Å². The van der Waals surface area contributed by atoms with Gasteiger partial charge in [-0.3, -0.25) is 9.69 Å². The summed E-state index contributed by atoms with van der Waals surface area (Å²) >= 11 is 0. The van der Waals surface area contributed by atoms with Crippen LogP contribution in [0.25, 0.3) is 5.65 Å². The van der Waals surface area contributed by atoms with E-state index in [1.165, 1.54) is 4.52 Å². The molecule has 2 N–H and O–H groups in total. The quantitative estimate of drug-likeness (QED) is 0.242. The van der Waals surface area contributed by atoms with E-state index in [1.807, 2.05) is 21.9 Å². The summed E-state index contributed by atoms with van der Waals surface area (Å²) < 4.78 is 47.0. The first-order valence-electron chi connectivity index (χ1n) is 15.9. The zero-order chi connectivity index (χ0) is 33.3. The summed E-state index contributed by atoms with van der Waals surface area (Å²) in [5, 5.41) is 10.2. The van der Waals surface area contributed by atoms with Crippen molar-refractivity contribution in [3.8, 4) is 5.75 Å². The zero-order valence-electron chi connectivity index (χ0n) is 27.1. The van der Waals surface area contributed by atoms with Gasteiger partial charge in [0.1, 0.15) is 11.9 Å². The molecule has 0 unspecified atom stereocenters. The number of hydrogen-bond donors (Lipinski definition) is 2. The van der Waals surface area contributed by atoms with E-state index in [0.717, 1.165) is 24.0 Å². The number of nitrogens with one attached hydrogen (secondary N) is 2. The molecule has 12 nitrogen and oxygen atoms in total. The van der Waals surface area contributed by atoms with E-state index in [1.54, 1.807) is 57.5 Å². The van der Waals surface area contributed by atoms with Gasteiger partial charge in [0, 0.05) is 32.2 Å². The van der Waals surface area contributed by atoms with Crippen LogP contribution in [0.1, 0.15) is 50.2 Å². The van der Waals surface area contributed by atoms with Crippen LogP contribution in [-0.4, -0.2) is 95.0 Å². The third-order valence-electron chi connectivity index (χ3n) is 9.01. The van der Waals surface area contributed by atoms with Crippen LogP contribution >= 0.6 is 0 Å². The van der Waals surface area contributed by atoms with Crippen molar-refractivity contribution in [2.45, 2.75) is 62.3 Å². The Morgan fingerprint density at radius 2 is 1.81 bits per heavy atom. The number of aromatic nitrogens is 4. The molecule has 2 saturated heterocycles. The number of halogens is 1. The monoisotopic (exact) mass is 664 g/mol. The fourth-order valence-corrected chi connectivity index (χ4v) is 7.55. The number of methoxy groups -OCH3 is 1. The first-order valence-corrected chi connectivity index (χ1v) is 17.5. The van der Waals surface area contributed by atoms with E-state index in [9.17, 15) is 17.6 Å². The van der Waals surface area contributed by atoms with Crippen LogP contribution in [0.4, 0.5) is 27.7 Å². The number of carbonyl (C=O) groups is 1. The number of rotatable bonds is 10. The first-order chi connectivity index (χ1) is 22.5. The molecule has 1 atom stereocenters. The Morgan fingerprint density at radius 1 is 1.04 bits per heavy atom. The number of likely N-dealkylation sites (tertiary alicyclic amines) is 2. The Hall–Kier alpha value is -4.30. The number of carbonyl (C=O) groups excluding carboxylic acids is 1. The molecule has 0 saturated carbocycles. The number of amides is 1. The Kier molecular flexibility index (Phi) is 9.33. The molecule has 0 radical (unpaired) electrons. The van der Waals surface area contributed by atoms with Crippen molar-refractivity contribution < 1.29 is 22.3 Å². The molecular weight excluding hydrogens is 623 g/mol. The highest BCUT2D eigenvalue weighted by molar-refractivity contribution is 7.92. The molecule has 4 aromatic rings. The Morgan fingerprint density at radius 3 is 2.51 bits per heavy atom. The number of hydrogen-bond acceptors (Lipinski definition) is 10. The number of ether oxygens (including phenoxy) is 1. The van der Waals surface area contributed by atoms with E-state index in [0.29, 0.717) is 55.4 Å². The van der Waals surface area contributed by atoms with Crippen LogP contribution in [0.3, 0.4) is 0 Å². The van der Waals surface area contributed by atoms with Crippen LogP contribution in [0.2, 0.25) is 0 Å². The maximum Gasteiger partial charge on any atom is 0.236 e. The van der Waals surface area contributed by atoms with Crippen molar-refractivity contribution in [3.63, 3.8) is 0 Å². The number of fused-ring (bicyclic) bond motifs is 1. The maximum atomic E-state index is 13.6. The molecule has 250 valence electrons. The number of piperidine rings is 1. The second-order valence-corrected chi connectivity index (χ2v) is 15.0. The number of sulfone groups is 1. The van der Waals surface area contributed by atoms with Crippen molar-refractivity contribution in [3.05, 3.63) is 59.8 Å². The van der Waals surface area contributed by atoms with Crippen molar-refractivity contribution >= 4 is 44.7 Å². The standard InChI is InChI=1S/C33H41FN8O4S/c1-21(2)47(44,45)29-8-6-5-7-26(29)37-33-39-32(38-30-9-13-35-42(30)33)36-27-17-22(3)25(18-28(27)46-4)23-10-15-41(16-11-23)31(43)20-40-14-12-24(34)19-40/h5-9,13,17-18,21,23-24H,10-12,14-16,19-20H2,1-4H3,(H2,36,37,38,39)/t24-/m1/s1. The van der Waals surface area contributed by atoms with Crippen LogP contribution in [-0.2, 0) is 14.6 Å². The predicted molar refractivity (Wildman–Crippen MR) is 178 cm³/mol. The second kappa shape index (κ2) is 13.4. The van der Waals surface area contributed by atoms with Gasteiger partial charge in [-0.2, -0.15) is 19.6 Å². The lowest BCUT2D eigenvalue weighted by atomic mass is 9.86. The molecule has 2 aliphatic rings. The summed E-state index contributed by atoms with van der Waals surface area (Å²) in [6, 6.07) is 12.5. The third kappa shape index (κ3) is 6.89. The van der Waals surface area contributed by atoms with Gasteiger partial charge < -0.3 is 20.3 Å². The minimum absolute atomic E-state index is 0.0699. The summed E-state index contributed by atoms with van der Waals surface area (Å²) in [6.07, 6.45) is 2.93. The minimum atomic E-state index is -3.57. The fraction of sp³-hybridized carbons (Fsp3) is 0.455. The summed E-state index contributed by atoms with van der Waals surface area (Å²) in [4.78, 5) is 26.1. The molecular formula is C33H41FN8O4S. The van der Waals surface area contributed by atoms with Crippen molar-refractivity contribution in [1.29, 1.82) is 0 Å². The van der Waals surface area contributed by atoms with Crippen molar-refractivity contribution in [1.82, 2.24) is 29.4 Å². The van der Waals surface area contributed by atoms with Crippen LogP contribution in [0, 0.1) is 6.92 Å². The van der Waals surface area contributed by atoms with E-state index in [-0.39, 0.29) is 35.2 Å². The number of aryl methyl sites for hydroxylation is 1. The molecule has 0 bridgehead atoms. The molecule has 14 heteroatoms. The van der Waals surface area contributed by atoms with Gasteiger partial charge in [0.25, 0.3) is 0 Å². The predicted octanol–water partition coefficient (Wildman–Crippen LogP) is 4.86. The molecule has 6 rings (SSSR count). The lowest BCUT2D eigenvalue weighted by Gasteiger charge is -2.34. The topological polar surface area (TPSA) is 134 Å². The average Bonchev–Trinajstić information content (AvgIpc) is 3.70. The smallest absolute Gasteiger partial charge is 0.236 e. The van der Waals surface area contributed by atoms with Gasteiger partial charge in [-0.25, -0.2) is 12.8 Å². The summed E-state index contributed by atoms with van der Waals surface area (Å²) in [5.74, 6) is 1.52. The van der Waals surface area contributed by atoms with Crippen LogP contribution < -0.4 is 15.4 Å². The minimum Gasteiger partial charge on any atom is -0.495 e. The second-order valence-electron chi connectivity index (χ2n) is 12.5. The van der Waals surface area contributed by atoms with Crippen LogP contribution in [0.5, 0.6) is 5.75 Å². The van der Waals surface area contributed by atoms with E-state index in [2.05, 4.69) is 32.6 Å². The van der Waals surface area contributed by atoms with Gasteiger partial charge in [-0.1, -0.05) is 12.1 Å². The Bertz CT molecular complexity index is 1870. The number of para-hydroxylation sites is 1. The van der Waals surface area contributed by atoms with Gasteiger partial charge in [0.2, 0.25) is 17.8 Å². The fourth-order valence-electron chi connectivity index (χ4n) is 6.35. The van der Waals surface area contributed by atoms with Gasteiger partial charge in [-0.15, -0.1) is 0 Å². The van der Waals surface area contributed by atoms with E-state index < -0.39 is 21.3 Å². The highest BCUT2D eigenvalue weighted by atomic mass is 32.2. The molecule has 2 aromatic carbocycles. The number of nitrogens with zero attached hydrogens (tertiary/aromatic N) is 6. The molecule has 2 fully saturated rings. The zero-order valence-corrected chi connectivity index (χ0v) is 27.9. The largest absolute Gasteiger partial charge is 0.495 e. The SMILES string of the molecule is COc1cc(C2CCN(C(=O)CN3CC[C@@H](F)C3)CC2)c(C)cc1Nc1nc(Nc2ccccc2S(=O)(=O)C(C)C)n2nccc2n1. The van der Waals surface area contributed by atoms with Gasteiger partial charge in [0.15, 0.2) is 15.5 Å². The van der Waals surface area contributed by atoms with Gasteiger partial charge >= 0.3 is 0 Å². The number of benzene rings is 2. The average molecular weight is 665 g/mol. The molecule has 0 aliphatic carbocycles. The Labute approximate surface area is 274 Å². The first kappa shape index (κ1) is 32.6. The lowest BCUT2D eigenvalue weighted by Crippen LogP contribution is -2.43. The molecule has 47 heavy (non-hydrogen) atoms. The molecule has 2 aliphatic heterocycles. The van der Waals surface area contributed by atoms with Gasteiger partial charge in [0.05, 0.1) is 41.4 Å². The lowest BCUT2D eigenvalue weighted by molar-refractivity contribution is -0.133. The van der Waals surface area contributed by atoms with Gasteiger partial charge in [-0.05, 0) is 81.3 Å². The number of anilines is 4. The third-order valence-corrected chi connectivity index (χ3v) is 11.2. The highest BCUT2D eigenvalue weighted by Crippen LogP contribution is 2.38. The maximum absolute atomic E-state index is 13.6. The molecule has 0 spiro atoms. The summed E-state index contributed by atoms with van der Waals surface area (Å²) in [7, 11) is -1.96. The normalized spacial score (nSPS) is 17.8.